The van der Waals surface area contributed by atoms with E-state index in [1.54, 1.807) is 17.3 Å². The molecule has 0 aromatic carbocycles. The van der Waals surface area contributed by atoms with Crippen LogP contribution in [0.1, 0.15) is 29.7 Å². The van der Waals surface area contributed by atoms with Crippen LogP contribution in [0.15, 0.2) is 18.6 Å². The molecule has 2 N–H and O–H groups in total. The summed E-state index contributed by atoms with van der Waals surface area (Å²) in [5.41, 5.74) is 3.21. The van der Waals surface area contributed by atoms with Crippen molar-refractivity contribution < 1.29 is 4.79 Å². The van der Waals surface area contributed by atoms with Crippen molar-refractivity contribution in [1.82, 2.24) is 25.3 Å². The molecule has 2 aromatic rings. The molecule has 0 aliphatic rings. The maximum absolute atomic E-state index is 12.0. The van der Waals surface area contributed by atoms with Crippen LogP contribution >= 0.6 is 0 Å². The van der Waals surface area contributed by atoms with Crippen molar-refractivity contribution in [3.8, 4) is 0 Å². The number of H-pyrrole nitrogens is 2. The Bertz CT molecular complexity index is 517. The van der Waals surface area contributed by atoms with Crippen molar-refractivity contribution >= 4 is 5.91 Å². The number of carbonyl (C=O) groups is 1. The first-order valence-electron chi connectivity index (χ1n) is 6.37. The summed E-state index contributed by atoms with van der Waals surface area (Å²) in [7, 11) is 1.83. The number of rotatable bonds is 6. The Kier molecular flexibility index (Phi) is 4.33. The summed E-state index contributed by atoms with van der Waals surface area (Å²) < 4.78 is 0. The number of aryl methyl sites for hydroxylation is 2. The SMILES string of the molecule is Cc1[nH]ncc1CN(C)C(=O)CCCc1cn[nH]c1. The van der Waals surface area contributed by atoms with Crippen LogP contribution in [-0.2, 0) is 17.8 Å². The number of aromatic nitrogens is 4. The third-order valence-electron chi connectivity index (χ3n) is 3.18. The summed E-state index contributed by atoms with van der Waals surface area (Å²) in [4.78, 5) is 13.7. The van der Waals surface area contributed by atoms with E-state index in [4.69, 9.17) is 0 Å². The van der Waals surface area contributed by atoms with Crippen molar-refractivity contribution in [2.24, 2.45) is 0 Å². The number of nitrogens with zero attached hydrogens (tertiary/aromatic N) is 3. The van der Waals surface area contributed by atoms with Crippen molar-refractivity contribution in [2.45, 2.75) is 32.7 Å². The van der Waals surface area contributed by atoms with Crippen LogP contribution in [0.5, 0.6) is 0 Å². The maximum Gasteiger partial charge on any atom is 0.222 e. The van der Waals surface area contributed by atoms with Gasteiger partial charge < -0.3 is 4.90 Å². The lowest BCUT2D eigenvalue weighted by Crippen LogP contribution is -2.26. The summed E-state index contributed by atoms with van der Waals surface area (Å²) in [6.45, 7) is 2.56. The molecule has 0 bridgehead atoms. The molecular formula is C13H19N5O. The summed E-state index contributed by atoms with van der Waals surface area (Å²) in [5.74, 6) is 0.157. The van der Waals surface area contributed by atoms with Crippen molar-refractivity contribution in [1.29, 1.82) is 0 Å². The molecule has 0 unspecified atom stereocenters. The Hall–Kier alpha value is -2.11. The van der Waals surface area contributed by atoms with Gasteiger partial charge in [-0.05, 0) is 25.3 Å². The Morgan fingerprint density at radius 2 is 2.21 bits per heavy atom. The molecule has 0 fully saturated rings. The third-order valence-corrected chi connectivity index (χ3v) is 3.18. The van der Waals surface area contributed by atoms with Crippen LogP contribution in [0.25, 0.3) is 0 Å². The predicted molar refractivity (Wildman–Crippen MR) is 71.3 cm³/mol. The van der Waals surface area contributed by atoms with Gasteiger partial charge in [-0.25, -0.2) is 0 Å². The first kappa shape index (κ1) is 13.3. The van der Waals surface area contributed by atoms with Crippen LogP contribution in [0.2, 0.25) is 0 Å². The fourth-order valence-corrected chi connectivity index (χ4v) is 1.93. The quantitative estimate of drug-likeness (QED) is 0.825. The Morgan fingerprint density at radius 1 is 1.37 bits per heavy atom. The highest BCUT2D eigenvalue weighted by molar-refractivity contribution is 5.75. The lowest BCUT2D eigenvalue weighted by atomic mass is 10.1. The fourth-order valence-electron chi connectivity index (χ4n) is 1.93. The minimum atomic E-state index is 0.157. The smallest absolute Gasteiger partial charge is 0.222 e. The number of hydrogen-bond acceptors (Lipinski definition) is 3. The first-order valence-corrected chi connectivity index (χ1v) is 6.37. The molecule has 1 amide bonds. The molecule has 0 aliphatic carbocycles. The molecule has 0 saturated heterocycles. The van der Waals surface area contributed by atoms with Gasteiger partial charge in [0.25, 0.3) is 0 Å². The van der Waals surface area contributed by atoms with Gasteiger partial charge in [0.2, 0.25) is 5.91 Å². The van der Waals surface area contributed by atoms with E-state index in [2.05, 4.69) is 20.4 Å². The van der Waals surface area contributed by atoms with E-state index in [1.165, 1.54) is 0 Å². The van der Waals surface area contributed by atoms with Crippen molar-refractivity contribution in [2.75, 3.05) is 7.05 Å². The van der Waals surface area contributed by atoms with E-state index in [0.29, 0.717) is 13.0 Å². The highest BCUT2D eigenvalue weighted by atomic mass is 16.2. The highest BCUT2D eigenvalue weighted by Crippen LogP contribution is 2.09. The standard InChI is InChI=1S/C13H19N5O/c1-10-12(8-16-17-10)9-18(2)13(19)5-3-4-11-6-14-15-7-11/h6-8H,3-5,9H2,1-2H3,(H,14,15)(H,16,17). The van der Waals surface area contributed by atoms with Crippen molar-refractivity contribution in [3.63, 3.8) is 0 Å². The second-order valence-electron chi connectivity index (χ2n) is 4.73. The molecule has 0 radical (unpaired) electrons. The van der Waals surface area contributed by atoms with Crippen LogP contribution in [0.3, 0.4) is 0 Å². The van der Waals surface area contributed by atoms with Gasteiger partial charge in [0.1, 0.15) is 0 Å². The second kappa shape index (κ2) is 6.17. The van der Waals surface area contributed by atoms with Gasteiger partial charge in [-0.2, -0.15) is 10.2 Å². The molecule has 2 rings (SSSR count). The normalized spacial score (nSPS) is 10.6. The topological polar surface area (TPSA) is 77.7 Å². The van der Waals surface area contributed by atoms with Gasteiger partial charge in [-0.15, -0.1) is 0 Å². The molecule has 2 heterocycles. The molecule has 0 aliphatic heterocycles. The fraction of sp³-hybridized carbons (Fsp3) is 0.462. The van der Waals surface area contributed by atoms with Gasteiger partial charge in [0, 0.05) is 37.5 Å². The van der Waals surface area contributed by atoms with E-state index < -0.39 is 0 Å². The third kappa shape index (κ3) is 3.67. The molecule has 6 nitrogen and oxygen atoms in total. The number of aromatic amines is 2. The molecule has 6 heteroatoms. The Morgan fingerprint density at radius 3 is 2.84 bits per heavy atom. The zero-order valence-electron chi connectivity index (χ0n) is 11.3. The molecule has 0 spiro atoms. The van der Waals surface area contributed by atoms with Crippen LogP contribution in [0, 0.1) is 6.92 Å². The van der Waals surface area contributed by atoms with E-state index in [-0.39, 0.29) is 5.91 Å². The summed E-state index contributed by atoms with van der Waals surface area (Å²) in [6.07, 6.45) is 7.70. The minimum Gasteiger partial charge on any atom is -0.341 e. The number of amides is 1. The first-order chi connectivity index (χ1) is 9.16. The van der Waals surface area contributed by atoms with E-state index >= 15 is 0 Å². The maximum atomic E-state index is 12.0. The molecule has 2 aromatic heterocycles. The molecule has 0 saturated carbocycles. The van der Waals surface area contributed by atoms with Gasteiger partial charge >= 0.3 is 0 Å². The van der Waals surface area contributed by atoms with Crippen molar-refractivity contribution in [3.05, 3.63) is 35.4 Å². The second-order valence-corrected chi connectivity index (χ2v) is 4.73. The lowest BCUT2D eigenvalue weighted by molar-refractivity contribution is -0.130. The number of hydrogen-bond donors (Lipinski definition) is 2. The monoisotopic (exact) mass is 261 g/mol. The summed E-state index contributed by atoms with van der Waals surface area (Å²) in [6, 6.07) is 0. The van der Waals surface area contributed by atoms with Gasteiger partial charge in [-0.1, -0.05) is 0 Å². The molecule has 0 atom stereocenters. The summed E-state index contributed by atoms with van der Waals surface area (Å²) in [5, 5.41) is 13.5. The Balaban J connectivity index is 1.75. The van der Waals surface area contributed by atoms with Gasteiger partial charge in [-0.3, -0.25) is 15.0 Å². The average Bonchev–Trinajstić information content (AvgIpc) is 3.02. The van der Waals surface area contributed by atoms with Crippen LogP contribution < -0.4 is 0 Å². The van der Waals surface area contributed by atoms with Gasteiger partial charge in [0.05, 0.1) is 12.4 Å². The molecular weight excluding hydrogens is 242 g/mol. The largest absolute Gasteiger partial charge is 0.341 e. The number of carbonyl (C=O) groups excluding carboxylic acids is 1. The predicted octanol–water partition coefficient (Wildman–Crippen LogP) is 1.42. The molecule has 19 heavy (non-hydrogen) atoms. The van der Waals surface area contributed by atoms with Gasteiger partial charge in [0.15, 0.2) is 0 Å². The molecule has 102 valence electrons. The Labute approximate surface area is 112 Å². The lowest BCUT2D eigenvalue weighted by Gasteiger charge is -2.16. The average molecular weight is 261 g/mol. The van der Waals surface area contributed by atoms with Crippen LogP contribution in [-0.4, -0.2) is 38.2 Å². The number of nitrogens with one attached hydrogen (secondary N) is 2. The van der Waals surface area contributed by atoms with Crippen LogP contribution in [0.4, 0.5) is 0 Å². The highest BCUT2D eigenvalue weighted by Gasteiger charge is 2.11. The minimum absolute atomic E-state index is 0.157. The van der Waals surface area contributed by atoms with E-state index in [9.17, 15) is 4.79 Å². The zero-order valence-corrected chi connectivity index (χ0v) is 11.3. The summed E-state index contributed by atoms with van der Waals surface area (Å²) >= 11 is 0. The van der Waals surface area contributed by atoms with E-state index in [0.717, 1.165) is 29.7 Å². The zero-order chi connectivity index (χ0) is 13.7. The van der Waals surface area contributed by atoms with E-state index in [1.807, 2.05) is 20.2 Å².